The van der Waals surface area contributed by atoms with Crippen molar-refractivity contribution in [3.8, 4) is 5.88 Å². The fourth-order valence-corrected chi connectivity index (χ4v) is 2.30. The summed E-state index contributed by atoms with van der Waals surface area (Å²) in [6, 6.07) is 13.9. The number of nitrogens with zero attached hydrogens (tertiary/aromatic N) is 2. The van der Waals surface area contributed by atoms with Crippen LogP contribution in [0.15, 0.2) is 52.6 Å². The maximum Gasteiger partial charge on any atom is 0.254 e. The molecule has 2 aromatic carbocycles. The fourth-order valence-electron chi connectivity index (χ4n) is 2.30. The first kappa shape index (κ1) is 10.3. The van der Waals surface area contributed by atoms with Crippen LogP contribution in [-0.4, -0.2) is 4.98 Å². The summed E-state index contributed by atoms with van der Waals surface area (Å²) in [4.78, 5) is 13.4. The Morgan fingerprint density at radius 1 is 1.05 bits per heavy atom. The number of aromatic nitrogens is 1. The molecule has 0 bridgehead atoms. The van der Waals surface area contributed by atoms with Gasteiger partial charge in [0, 0.05) is 5.39 Å². The van der Waals surface area contributed by atoms with Gasteiger partial charge in [-0.1, -0.05) is 29.4 Å². The number of aryl methyl sites for hydroxylation is 1. The molecule has 1 aliphatic rings. The van der Waals surface area contributed by atoms with Crippen molar-refractivity contribution in [1.29, 1.82) is 0 Å². The number of aromatic amines is 1. The van der Waals surface area contributed by atoms with Crippen molar-refractivity contribution in [1.82, 2.24) is 4.98 Å². The van der Waals surface area contributed by atoms with Gasteiger partial charge in [-0.05, 0) is 30.7 Å². The summed E-state index contributed by atoms with van der Waals surface area (Å²) >= 11 is 0. The second-order valence-corrected chi connectivity index (χ2v) is 4.63. The average Bonchev–Trinajstić information content (AvgIpc) is 2.64. The third-order valence-corrected chi connectivity index (χ3v) is 3.24. The lowest BCUT2D eigenvalue weighted by Gasteiger charge is -1.93. The van der Waals surface area contributed by atoms with Gasteiger partial charge < -0.3 is 9.82 Å². The molecular weight excluding hydrogens is 238 g/mol. The molecule has 1 aliphatic heterocycles. The third-order valence-electron chi connectivity index (χ3n) is 3.24. The summed E-state index contributed by atoms with van der Waals surface area (Å²) < 4.78 is 0. The van der Waals surface area contributed by atoms with Crippen LogP contribution in [0.1, 0.15) is 5.56 Å². The van der Waals surface area contributed by atoms with Crippen LogP contribution in [0.2, 0.25) is 0 Å². The number of H-pyrrole nitrogens is 1. The van der Waals surface area contributed by atoms with Gasteiger partial charge in [-0.2, -0.15) is 0 Å². The number of nitrogens with one attached hydrogen (secondary N) is 1. The van der Waals surface area contributed by atoms with E-state index in [1.54, 1.807) is 0 Å². The van der Waals surface area contributed by atoms with E-state index in [1.807, 2.05) is 24.3 Å². The topological polar surface area (TPSA) is 49.7 Å². The van der Waals surface area contributed by atoms with Crippen molar-refractivity contribution in [2.75, 3.05) is 0 Å². The maximum absolute atomic E-state index is 5.48. The average molecular weight is 249 g/mol. The molecule has 0 spiro atoms. The zero-order valence-corrected chi connectivity index (χ0v) is 10.3. The minimum absolute atomic E-state index is 0.594. The third kappa shape index (κ3) is 1.53. The molecule has 0 atom stereocenters. The Hall–Kier alpha value is -2.62. The Morgan fingerprint density at radius 2 is 1.89 bits per heavy atom. The van der Waals surface area contributed by atoms with E-state index in [-0.39, 0.29) is 0 Å². The second-order valence-electron chi connectivity index (χ2n) is 4.63. The largest absolute Gasteiger partial charge is 0.336 e. The molecule has 0 saturated carbocycles. The molecule has 0 aliphatic carbocycles. The van der Waals surface area contributed by atoms with Crippen LogP contribution < -0.4 is 15.6 Å². The molecule has 0 fully saturated rings. The lowest BCUT2D eigenvalue weighted by Crippen LogP contribution is -2.23. The fraction of sp³-hybridized carbons (Fsp3) is 0.0667. The molecule has 3 aromatic rings. The molecular formula is C15H11N3O. The lowest BCUT2D eigenvalue weighted by atomic mass is 10.2. The number of para-hydroxylation sites is 1. The Bertz CT molecular complexity index is 909. The first-order chi connectivity index (χ1) is 9.31. The molecule has 92 valence electrons. The van der Waals surface area contributed by atoms with Crippen molar-refractivity contribution in [3.05, 3.63) is 58.7 Å². The van der Waals surface area contributed by atoms with E-state index >= 15 is 0 Å². The molecule has 4 nitrogen and oxygen atoms in total. The minimum Gasteiger partial charge on any atom is -0.336 e. The SMILES string of the molecule is Cc1ccc2c3c([nH]c2c1)ON=c1ccccc1=N3. The molecule has 0 saturated heterocycles. The van der Waals surface area contributed by atoms with Gasteiger partial charge in [0.25, 0.3) is 5.88 Å². The predicted octanol–water partition coefficient (Wildman–Crippen LogP) is 2.35. The molecule has 4 rings (SSSR count). The van der Waals surface area contributed by atoms with Crippen LogP contribution in [-0.2, 0) is 0 Å². The van der Waals surface area contributed by atoms with E-state index in [9.17, 15) is 0 Å². The standard InChI is InChI=1S/C15H11N3O/c1-9-6-7-10-13(8-9)17-15-14(10)16-11-4-2-3-5-12(11)18-19-15/h2-8,17H,1H3. The summed E-state index contributed by atoms with van der Waals surface area (Å²) in [5.41, 5.74) is 3.02. The second kappa shape index (κ2) is 3.68. The van der Waals surface area contributed by atoms with Gasteiger partial charge in [-0.15, -0.1) is 0 Å². The molecule has 1 aromatic heterocycles. The molecule has 2 heterocycles. The maximum atomic E-state index is 5.48. The highest BCUT2D eigenvalue weighted by Crippen LogP contribution is 2.36. The van der Waals surface area contributed by atoms with Crippen molar-refractivity contribution < 1.29 is 4.84 Å². The smallest absolute Gasteiger partial charge is 0.254 e. The molecule has 19 heavy (non-hydrogen) atoms. The van der Waals surface area contributed by atoms with Crippen LogP contribution >= 0.6 is 0 Å². The van der Waals surface area contributed by atoms with Gasteiger partial charge in [-0.25, -0.2) is 4.99 Å². The Labute approximate surface area is 109 Å². The number of rotatable bonds is 0. The van der Waals surface area contributed by atoms with E-state index < -0.39 is 0 Å². The number of fused-ring (bicyclic) bond motifs is 4. The molecule has 0 amide bonds. The van der Waals surface area contributed by atoms with Crippen molar-refractivity contribution in [3.63, 3.8) is 0 Å². The summed E-state index contributed by atoms with van der Waals surface area (Å²) in [7, 11) is 0. The minimum atomic E-state index is 0.594. The van der Waals surface area contributed by atoms with E-state index in [0.29, 0.717) is 5.88 Å². The van der Waals surface area contributed by atoms with Crippen molar-refractivity contribution in [2.45, 2.75) is 6.92 Å². The van der Waals surface area contributed by atoms with E-state index in [1.165, 1.54) is 5.56 Å². The Kier molecular flexibility index (Phi) is 2.00. The zero-order chi connectivity index (χ0) is 12.8. The predicted molar refractivity (Wildman–Crippen MR) is 72.1 cm³/mol. The van der Waals surface area contributed by atoms with Crippen molar-refractivity contribution in [2.24, 2.45) is 10.1 Å². The van der Waals surface area contributed by atoms with Gasteiger partial charge in [0.05, 0.1) is 10.9 Å². The van der Waals surface area contributed by atoms with Crippen LogP contribution in [0, 0.1) is 6.92 Å². The first-order valence-electron chi connectivity index (χ1n) is 6.12. The number of hydrogen-bond acceptors (Lipinski definition) is 3. The molecule has 0 unspecified atom stereocenters. The van der Waals surface area contributed by atoms with E-state index in [4.69, 9.17) is 4.84 Å². The summed E-state index contributed by atoms with van der Waals surface area (Å²) in [6.07, 6.45) is 0. The van der Waals surface area contributed by atoms with Crippen LogP contribution in [0.4, 0.5) is 5.69 Å². The van der Waals surface area contributed by atoms with Crippen LogP contribution in [0.3, 0.4) is 0 Å². The summed E-state index contributed by atoms with van der Waals surface area (Å²) in [5, 5.41) is 6.73. The Morgan fingerprint density at radius 3 is 2.79 bits per heavy atom. The van der Waals surface area contributed by atoms with E-state index in [2.05, 4.69) is 40.3 Å². The van der Waals surface area contributed by atoms with Gasteiger partial charge in [0.2, 0.25) is 0 Å². The monoisotopic (exact) mass is 249 g/mol. The molecule has 0 radical (unpaired) electrons. The Balaban J connectivity index is 2.11. The highest BCUT2D eigenvalue weighted by molar-refractivity contribution is 5.94. The number of benzene rings is 2. The summed E-state index contributed by atoms with van der Waals surface area (Å²) in [5.74, 6) is 0.594. The van der Waals surface area contributed by atoms with Gasteiger partial charge >= 0.3 is 0 Å². The zero-order valence-electron chi connectivity index (χ0n) is 10.3. The number of hydrogen-bond donors (Lipinski definition) is 1. The van der Waals surface area contributed by atoms with E-state index in [0.717, 1.165) is 27.3 Å². The van der Waals surface area contributed by atoms with Crippen LogP contribution in [0.5, 0.6) is 5.88 Å². The lowest BCUT2D eigenvalue weighted by molar-refractivity contribution is 0.317. The quantitative estimate of drug-likeness (QED) is 0.653. The highest BCUT2D eigenvalue weighted by atomic mass is 16.6. The van der Waals surface area contributed by atoms with Crippen molar-refractivity contribution >= 4 is 16.6 Å². The molecule has 4 heteroatoms. The molecule has 1 N–H and O–H groups in total. The van der Waals surface area contributed by atoms with Crippen LogP contribution in [0.25, 0.3) is 10.9 Å². The summed E-state index contributed by atoms with van der Waals surface area (Å²) in [6.45, 7) is 2.06. The van der Waals surface area contributed by atoms with Gasteiger partial charge in [-0.3, -0.25) is 0 Å². The van der Waals surface area contributed by atoms with Gasteiger partial charge in [0.1, 0.15) is 11.0 Å². The van der Waals surface area contributed by atoms with Gasteiger partial charge in [0.15, 0.2) is 0 Å². The normalized spacial score (nSPS) is 12.7. The first-order valence-corrected chi connectivity index (χ1v) is 6.12. The highest BCUT2D eigenvalue weighted by Gasteiger charge is 2.14.